The van der Waals surface area contributed by atoms with Crippen LogP contribution in [0, 0.1) is 0 Å². The van der Waals surface area contributed by atoms with E-state index in [1.165, 1.54) is 12.1 Å². The number of hydrogen-bond donors (Lipinski definition) is 2. The number of alkyl halides is 3. The Hall–Kier alpha value is -2.51. The number of hydrogen-bond acceptors (Lipinski definition) is 3. The Bertz CT molecular complexity index is 723. The number of carbonyl (C=O) groups is 2. The lowest BCUT2D eigenvalue weighted by Gasteiger charge is -2.33. The third-order valence-corrected chi connectivity index (χ3v) is 3.27. The van der Waals surface area contributed by atoms with Crippen LogP contribution in [0.3, 0.4) is 0 Å². The topological polar surface area (TPSA) is 71.2 Å². The summed E-state index contributed by atoms with van der Waals surface area (Å²) < 4.78 is 45.5. The maximum Gasteiger partial charge on any atom is 0.426 e. The molecule has 5 nitrogen and oxygen atoms in total. The fraction of sp³-hybridized carbons (Fsp3) is 0.286. The molecule has 2 rings (SSSR count). The van der Waals surface area contributed by atoms with Gasteiger partial charge in [0.05, 0.1) is 7.11 Å². The summed E-state index contributed by atoms with van der Waals surface area (Å²) in [6.07, 6.45) is -4.04. The summed E-state index contributed by atoms with van der Waals surface area (Å²) >= 11 is 0. The van der Waals surface area contributed by atoms with E-state index < -0.39 is 29.2 Å². The molecular formula is C14H13F3N2O3. The molecular weight excluding hydrogens is 301 g/mol. The minimum absolute atomic E-state index is 0.166. The van der Waals surface area contributed by atoms with Crippen LogP contribution in [-0.2, 0) is 19.9 Å². The average molecular weight is 314 g/mol. The van der Waals surface area contributed by atoms with Gasteiger partial charge in [-0.2, -0.15) is 13.2 Å². The highest BCUT2D eigenvalue weighted by Crippen LogP contribution is 2.42. The molecule has 1 unspecified atom stereocenters. The van der Waals surface area contributed by atoms with Crippen molar-refractivity contribution in [2.75, 3.05) is 7.11 Å². The van der Waals surface area contributed by atoms with Crippen molar-refractivity contribution in [3.8, 4) is 0 Å². The molecule has 1 heterocycles. The standard InChI is InChI=1S/C14H13F3N2O3/c1-8(20)19-13(12(21)22-2,14(15,16)17)10-7-18-11-6-4-3-5-9(10)11/h3-7,18H,1-2H3,(H,19,20). The van der Waals surface area contributed by atoms with Crippen LogP contribution in [0.5, 0.6) is 0 Å². The number of benzene rings is 1. The number of H-pyrrole nitrogens is 1. The molecule has 0 fully saturated rings. The van der Waals surface area contributed by atoms with Crippen molar-refractivity contribution in [2.24, 2.45) is 0 Å². The Morgan fingerprint density at radius 3 is 2.41 bits per heavy atom. The van der Waals surface area contributed by atoms with Crippen molar-refractivity contribution >= 4 is 22.8 Å². The third kappa shape index (κ3) is 2.30. The maximum absolute atomic E-state index is 13.7. The molecule has 0 spiro atoms. The Morgan fingerprint density at radius 2 is 1.86 bits per heavy atom. The van der Waals surface area contributed by atoms with Crippen molar-refractivity contribution in [3.63, 3.8) is 0 Å². The van der Waals surface area contributed by atoms with Crippen LogP contribution in [0.25, 0.3) is 10.9 Å². The van der Waals surface area contributed by atoms with Crippen molar-refractivity contribution in [3.05, 3.63) is 36.0 Å². The van der Waals surface area contributed by atoms with Gasteiger partial charge in [-0.05, 0) is 6.07 Å². The quantitative estimate of drug-likeness (QED) is 0.854. The van der Waals surface area contributed by atoms with Gasteiger partial charge >= 0.3 is 12.1 Å². The largest absolute Gasteiger partial charge is 0.467 e. The van der Waals surface area contributed by atoms with Gasteiger partial charge in [-0.15, -0.1) is 0 Å². The number of para-hydroxylation sites is 1. The van der Waals surface area contributed by atoms with E-state index in [4.69, 9.17) is 0 Å². The molecule has 118 valence electrons. The highest BCUT2D eigenvalue weighted by atomic mass is 19.4. The van der Waals surface area contributed by atoms with Gasteiger partial charge in [-0.3, -0.25) is 4.79 Å². The van der Waals surface area contributed by atoms with Gasteiger partial charge in [0, 0.05) is 29.6 Å². The monoisotopic (exact) mass is 314 g/mol. The first-order chi connectivity index (χ1) is 10.2. The molecule has 2 N–H and O–H groups in total. The number of aromatic nitrogens is 1. The molecule has 0 radical (unpaired) electrons. The predicted molar refractivity (Wildman–Crippen MR) is 71.9 cm³/mol. The van der Waals surface area contributed by atoms with Crippen molar-refractivity contribution in [2.45, 2.75) is 18.6 Å². The van der Waals surface area contributed by atoms with Crippen LogP contribution in [0.2, 0.25) is 0 Å². The zero-order valence-corrected chi connectivity index (χ0v) is 11.7. The number of methoxy groups -OCH3 is 1. The van der Waals surface area contributed by atoms with Gasteiger partial charge in [-0.25, -0.2) is 4.79 Å². The number of esters is 1. The molecule has 1 aromatic heterocycles. The summed E-state index contributed by atoms with van der Waals surface area (Å²) in [5.41, 5.74) is -3.29. The minimum atomic E-state index is -5.09. The third-order valence-electron chi connectivity index (χ3n) is 3.27. The zero-order valence-electron chi connectivity index (χ0n) is 11.7. The molecule has 0 aliphatic heterocycles. The van der Waals surface area contributed by atoms with E-state index in [2.05, 4.69) is 9.72 Å². The van der Waals surface area contributed by atoms with Crippen molar-refractivity contribution < 1.29 is 27.5 Å². The lowest BCUT2D eigenvalue weighted by molar-refractivity contribution is -0.215. The van der Waals surface area contributed by atoms with Crippen molar-refractivity contribution in [1.29, 1.82) is 0 Å². The highest BCUT2D eigenvalue weighted by Gasteiger charge is 2.64. The number of aromatic amines is 1. The van der Waals surface area contributed by atoms with E-state index in [1.807, 2.05) is 0 Å². The number of fused-ring (bicyclic) bond motifs is 1. The Kier molecular flexibility index (Phi) is 3.87. The van der Waals surface area contributed by atoms with E-state index in [-0.39, 0.29) is 5.39 Å². The number of rotatable bonds is 3. The fourth-order valence-electron chi connectivity index (χ4n) is 2.37. The van der Waals surface area contributed by atoms with Gasteiger partial charge < -0.3 is 15.0 Å². The number of halogens is 3. The van der Waals surface area contributed by atoms with Crippen LogP contribution in [0.15, 0.2) is 30.5 Å². The summed E-state index contributed by atoms with van der Waals surface area (Å²) in [5, 5.41) is 1.89. The number of nitrogens with one attached hydrogen (secondary N) is 2. The summed E-state index contributed by atoms with van der Waals surface area (Å²) in [4.78, 5) is 26.0. The molecule has 1 amide bonds. The van der Waals surface area contributed by atoms with Crippen molar-refractivity contribution in [1.82, 2.24) is 10.3 Å². The van der Waals surface area contributed by atoms with E-state index in [0.717, 1.165) is 20.2 Å². The Morgan fingerprint density at radius 1 is 1.23 bits per heavy atom. The van der Waals surface area contributed by atoms with E-state index in [0.29, 0.717) is 5.52 Å². The molecule has 0 bridgehead atoms. The van der Waals surface area contributed by atoms with Gasteiger partial charge in [-0.1, -0.05) is 18.2 Å². The van der Waals surface area contributed by atoms with Gasteiger partial charge in [0.15, 0.2) is 0 Å². The summed E-state index contributed by atoms with van der Waals surface area (Å²) in [6.45, 7) is 0.901. The van der Waals surface area contributed by atoms with Crippen LogP contribution in [-0.4, -0.2) is 30.1 Å². The molecule has 1 atom stereocenters. The van der Waals surface area contributed by atoms with Crippen LogP contribution >= 0.6 is 0 Å². The van der Waals surface area contributed by atoms with Crippen LogP contribution in [0.1, 0.15) is 12.5 Å². The van der Waals surface area contributed by atoms with Gasteiger partial charge in [0.2, 0.25) is 5.91 Å². The predicted octanol–water partition coefficient (Wildman–Crippen LogP) is 2.23. The smallest absolute Gasteiger partial charge is 0.426 e. The molecule has 22 heavy (non-hydrogen) atoms. The first-order valence-electron chi connectivity index (χ1n) is 6.24. The first-order valence-corrected chi connectivity index (χ1v) is 6.24. The molecule has 8 heteroatoms. The molecule has 0 aliphatic rings. The second-order valence-electron chi connectivity index (χ2n) is 4.67. The SMILES string of the molecule is COC(=O)C(NC(C)=O)(c1c[nH]c2ccccc12)C(F)(F)F. The molecule has 0 aliphatic carbocycles. The second kappa shape index (κ2) is 5.36. The van der Waals surface area contributed by atoms with Gasteiger partial charge in [0.25, 0.3) is 5.54 Å². The number of ether oxygens (including phenoxy) is 1. The number of amides is 1. The molecule has 1 aromatic carbocycles. The summed E-state index contributed by atoms with van der Waals surface area (Å²) in [7, 11) is 0.833. The molecule has 2 aromatic rings. The van der Waals surface area contributed by atoms with E-state index >= 15 is 0 Å². The summed E-state index contributed by atoms with van der Waals surface area (Å²) in [5.74, 6) is -2.62. The molecule has 0 saturated heterocycles. The number of carbonyl (C=O) groups excluding carboxylic acids is 2. The van der Waals surface area contributed by atoms with Gasteiger partial charge in [0.1, 0.15) is 0 Å². The van der Waals surface area contributed by atoms with Crippen LogP contribution < -0.4 is 5.32 Å². The zero-order chi connectivity index (χ0) is 16.5. The first kappa shape index (κ1) is 15.9. The summed E-state index contributed by atoms with van der Waals surface area (Å²) in [6, 6.07) is 6.15. The molecule has 0 saturated carbocycles. The Balaban J connectivity index is 2.82. The normalized spacial score (nSPS) is 14.4. The highest BCUT2D eigenvalue weighted by molar-refractivity contribution is 5.96. The van der Waals surface area contributed by atoms with Crippen LogP contribution in [0.4, 0.5) is 13.2 Å². The second-order valence-corrected chi connectivity index (χ2v) is 4.67. The minimum Gasteiger partial charge on any atom is -0.467 e. The Labute approximate surface area is 123 Å². The van der Waals surface area contributed by atoms with E-state index in [9.17, 15) is 22.8 Å². The lowest BCUT2D eigenvalue weighted by Crippen LogP contribution is -2.61. The fourth-order valence-corrected chi connectivity index (χ4v) is 2.37. The average Bonchev–Trinajstić information content (AvgIpc) is 2.86. The maximum atomic E-state index is 13.7. The lowest BCUT2D eigenvalue weighted by atomic mass is 9.88. The van der Waals surface area contributed by atoms with E-state index in [1.54, 1.807) is 17.4 Å².